The Morgan fingerprint density at radius 2 is 2.17 bits per heavy atom. The van der Waals surface area contributed by atoms with Crippen LogP contribution in [0.3, 0.4) is 0 Å². The lowest BCUT2D eigenvalue weighted by Crippen LogP contribution is -2.38. The van der Waals surface area contributed by atoms with Crippen molar-refractivity contribution in [2.75, 3.05) is 19.6 Å². The molecule has 5 nitrogen and oxygen atoms in total. The summed E-state index contributed by atoms with van der Waals surface area (Å²) in [6.45, 7) is 5.18. The van der Waals surface area contributed by atoms with Gasteiger partial charge in [0.2, 0.25) is 0 Å². The van der Waals surface area contributed by atoms with Crippen molar-refractivity contribution in [1.29, 1.82) is 0 Å². The summed E-state index contributed by atoms with van der Waals surface area (Å²) in [5.74, 6) is 0.130. The average Bonchev–Trinajstić information content (AvgIpc) is 3.13. The summed E-state index contributed by atoms with van der Waals surface area (Å²) in [7, 11) is 0. The minimum Gasteiger partial charge on any atom is -0.364 e. The number of likely N-dealkylation sites (tertiary alicyclic amines) is 1. The zero-order valence-corrected chi connectivity index (χ0v) is 13.8. The monoisotopic (exact) mass is 331 g/mol. The number of carbonyl (C=O) groups is 1. The van der Waals surface area contributed by atoms with Crippen LogP contribution >= 0.6 is 0 Å². The summed E-state index contributed by atoms with van der Waals surface area (Å²) < 4.78 is 18.3. The van der Waals surface area contributed by atoms with Crippen LogP contribution in [0.2, 0.25) is 0 Å². The van der Waals surface area contributed by atoms with Crippen LogP contribution in [0.4, 0.5) is 4.39 Å². The molecule has 0 saturated carbocycles. The van der Waals surface area contributed by atoms with Crippen LogP contribution in [0, 0.1) is 18.7 Å². The molecule has 1 aliphatic rings. The summed E-state index contributed by atoms with van der Waals surface area (Å²) >= 11 is 0. The third kappa shape index (κ3) is 4.00. The molecule has 1 fully saturated rings. The molecule has 0 unspecified atom stereocenters. The summed E-state index contributed by atoms with van der Waals surface area (Å²) in [6, 6.07) is 6.81. The van der Waals surface area contributed by atoms with Crippen LogP contribution in [0.1, 0.15) is 34.5 Å². The van der Waals surface area contributed by atoms with E-state index in [4.69, 9.17) is 0 Å². The van der Waals surface area contributed by atoms with Gasteiger partial charge in [0, 0.05) is 19.2 Å². The normalized spacial score (nSPS) is 16.2. The molecule has 3 rings (SSSR count). The van der Waals surface area contributed by atoms with E-state index in [1.165, 1.54) is 12.3 Å². The number of rotatable bonds is 5. The molecule has 0 atom stereocenters. The highest BCUT2D eigenvalue weighted by molar-refractivity contribution is 5.91. The number of aromatic nitrogens is 1. The fraction of sp³-hybridized carbons (Fsp3) is 0.444. The Bertz CT molecular complexity index is 680. The van der Waals surface area contributed by atoms with Gasteiger partial charge in [-0.3, -0.25) is 9.69 Å². The molecule has 0 radical (unpaired) electrons. The second-order valence-electron chi connectivity index (χ2n) is 6.34. The fourth-order valence-corrected chi connectivity index (χ4v) is 3.07. The molecule has 1 aliphatic heterocycles. The molecule has 1 saturated heterocycles. The van der Waals surface area contributed by atoms with E-state index in [0.717, 1.165) is 43.6 Å². The summed E-state index contributed by atoms with van der Waals surface area (Å²) in [5, 5.41) is 6.53. The number of hydrogen-bond acceptors (Lipinski definition) is 4. The minimum atomic E-state index is -0.193. The SMILES string of the molecule is Cc1c(F)cccc1CN1CCC(CNC(=O)c2ccon2)CC1. The Morgan fingerprint density at radius 1 is 1.38 bits per heavy atom. The third-order valence-corrected chi connectivity index (χ3v) is 4.70. The molecule has 1 aromatic heterocycles. The zero-order valence-electron chi connectivity index (χ0n) is 13.8. The topological polar surface area (TPSA) is 58.4 Å². The van der Waals surface area contributed by atoms with Crippen molar-refractivity contribution < 1.29 is 13.7 Å². The van der Waals surface area contributed by atoms with E-state index in [2.05, 4.69) is 19.9 Å². The third-order valence-electron chi connectivity index (χ3n) is 4.70. The van der Waals surface area contributed by atoms with Crippen LogP contribution in [0.25, 0.3) is 0 Å². The van der Waals surface area contributed by atoms with Crippen molar-refractivity contribution in [2.24, 2.45) is 5.92 Å². The van der Waals surface area contributed by atoms with Crippen LogP contribution in [0.15, 0.2) is 35.1 Å². The number of piperidine rings is 1. The average molecular weight is 331 g/mol. The first-order chi connectivity index (χ1) is 11.6. The van der Waals surface area contributed by atoms with Crippen molar-refractivity contribution in [3.05, 3.63) is 53.2 Å². The van der Waals surface area contributed by atoms with Gasteiger partial charge < -0.3 is 9.84 Å². The summed E-state index contributed by atoms with van der Waals surface area (Å²) in [6.07, 6.45) is 3.43. The highest BCUT2D eigenvalue weighted by atomic mass is 19.1. The van der Waals surface area contributed by atoms with Crippen molar-refractivity contribution in [3.63, 3.8) is 0 Å². The quantitative estimate of drug-likeness (QED) is 0.915. The molecular formula is C18H22FN3O2. The predicted octanol–water partition coefficient (Wildman–Crippen LogP) is 2.76. The lowest BCUT2D eigenvalue weighted by molar-refractivity contribution is 0.0926. The minimum absolute atomic E-state index is 0.141. The first-order valence-corrected chi connectivity index (χ1v) is 8.28. The van der Waals surface area contributed by atoms with Gasteiger partial charge in [0.15, 0.2) is 5.69 Å². The first-order valence-electron chi connectivity index (χ1n) is 8.28. The van der Waals surface area contributed by atoms with Gasteiger partial charge in [0.25, 0.3) is 5.91 Å². The fourth-order valence-electron chi connectivity index (χ4n) is 3.07. The van der Waals surface area contributed by atoms with E-state index in [0.29, 0.717) is 18.2 Å². The lowest BCUT2D eigenvalue weighted by atomic mass is 9.96. The maximum atomic E-state index is 13.6. The molecule has 1 N–H and O–H groups in total. The van der Waals surface area contributed by atoms with Crippen LogP contribution in [0.5, 0.6) is 0 Å². The molecule has 0 aliphatic carbocycles. The van der Waals surface area contributed by atoms with Gasteiger partial charge in [0.05, 0.1) is 0 Å². The molecule has 0 bridgehead atoms. The lowest BCUT2D eigenvalue weighted by Gasteiger charge is -2.32. The molecule has 24 heavy (non-hydrogen) atoms. The molecule has 0 spiro atoms. The highest BCUT2D eigenvalue weighted by Crippen LogP contribution is 2.20. The maximum Gasteiger partial charge on any atom is 0.273 e. The Hall–Kier alpha value is -2.21. The van der Waals surface area contributed by atoms with E-state index in [1.807, 2.05) is 13.0 Å². The number of amides is 1. The standard InChI is InChI=1S/C18H22FN3O2/c1-13-15(3-2-4-16(13)19)12-22-8-5-14(6-9-22)11-20-18(23)17-7-10-24-21-17/h2-4,7,10,14H,5-6,8-9,11-12H2,1H3,(H,20,23). The van der Waals surface area contributed by atoms with Gasteiger partial charge >= 0.3 is 0 Å². The van der Waals surface area contributed by atoms with Gasteiger partial charge in [-0.2, -0.15) is 0 Å². The van der Waals surface area contributed by atoms with Crippen LogP contribution in [-0.2, 0) is 6.54 Å². The highest BCUT2D eigenvalue weighted by Gasteiger charge is 2.21. The van der Waals surface area contributed by atoms with E-state index in [-0.39, 0.29) is 11.7 Å². The van der Waals surface area contributed by atoms with Crippen LogP contribution in [-0.4, -0.2) is 35.6 Å². The smallest absolute Gasteiger partial charge is 0.273 e. The molecule has 2 heterocycles. The second kappa shape index (κ2) is 7.57. The van der Waals surface area contributed by atoms with Crippen molar-refractivity contribution >= 4 is 5.91 Å². The number of hydrogen-bond donors (Lipinski definition) is 1. The van der Waals surface area contributed by atoms with Gasteiger partial charge in [-0.1, -0.05) is 17.3 Å². The number of nitrogens with zero attached hydrogens (tertiary/aromatic N) is 2. The molecule has 6 heteroatoms. The number of carbonyl (C=O) groups excluding carboxylic acids is 1. The van der Waals surface area contributed by atoms with E-state index >= 15 is 0 Å². The zero-order chi connectivity index (χ0) is 16.9. The van der Waals surface area contributed by atoms with E-state index < -0.39 is 0 Å². The molecule has 128 valence electrons. The van der Waals surface area contributed by atoms with Crippen molar-refractivity contribution in [2.45, 2.75) is 26.3 Å². The summed E-state index contributed by atoms with van der Waals surface area (Å²) in [4.78, 5) is 14.2. The van der Waals surface area contributed by atoms with E-state index in [9.17, 15) is 9.18 Å². The van der Waals surface area contributed by atoms with Gasteiger partial charge in [-0.05, 0) is 56.0 Å². The van der Waals surface area contributed by atoms with Crippen LogP contribution < -0.4 is 5.32 Å². The number of benzene rings is 1. The summed E-state index contributed by atoms with van der Waals surface area (Å²) in [5.41, 5.74) is 2.10. The molecule has 2 aromatic rings. The van der Waals surface area contributed by atoms with E-state index in [1.54, 1.807) is 12.1 Å². The largest absolute Gasteiger partial charge is 0.364 e. The van der Waals surface area contributed by atoms with Gasteiger partial charge in [0.1, 0.15) is 12.1 Å². The number of halogens is 1. The van der Waals surface area contributed by atoms with Crippen molar-refractivity contribution in [1.82, 2.24) is 15.4 Å². The predicted molar refractivity (Wildman–Crippen MR) is 88.0 cm³/mol. The molecule has 1 aromatic carbocycles. The van der Waals surface area contributed by atoms with Gasteiger partial charge in [-0.15, -0.1) is 0 Å². The molecule has 1 amide bonds. The Labute approximate surface area is 140 Å². The molecular weight excluding hydrogens is 309 g/mol. The Balaban J connectivity index is 1.44. The second-order valence-corrected chi connectivity index (χ2v) is 6.34. The first kappa shape index (κ1) is 16.6. The Kier molecular flexibility index (Phi) is 5.25. The number of nitrogens with one attached hydrogen (secondary N) is 1. The maximum absolute atomic E-state index is 13.6. The Morgan fingerprint density at radius 3 is 2.88 bits per heavy atom. The van der Waals surface area contributed by atoms with Gasteiger partial charge in [-0.25, -0.2) is 4.39 Å². The van der Waals surface area contributed by atoms with Crippen molar-refractivity contribution in [3.8, 4) is 0 Å².